The van der Waals surface area contributed by atoms with Crippen LogP contribution in [0.15, 0.2) is 30.3 Å². The molecule has 152 valence electrons. The number of carbonyl (C=O) groups is 2. The van der Waals surface area contributed by atoms with Crippen LogP contribution in [0.25, 0.3) is 10.9 Å². The van der Waals surface area contributed by atoms with Gasteiger partial charge in [0.15, 0.2) is 23.2 Å². The number of carboxylic acid groups (broad SMARTS) is 1. The number of phenols is 1. The molecular weight excluding hydrogens is 387 g/mol. The van der Waals surface area contributed by atoms with Gasteiger partial charge in [-0.2, -0.15) is 0 Å². The number of phenolic OH excluding ortho intramolecular Hbond substituents is 1. The number of hydrogen-bond acceptors (Lipinski definition) is 3. The van der Waals surface area contributed by atoms with Crippen LogP contribution >= 0.6 is 0 Å². The van der Waals surface area contributed by atoms with E-state index in [1.807, 2.05) is 0 Å². The van der Waals surface area contributed by atoms with E-state index >= 15 is 0 Å². The van der Waals surface area contributed by atoms with E-state index in [1.54, 1.807) is 6.92 Å². The molecule has 0 spiro atoms. The number of benzene rings is 2. The molecule has 0 unspecified atom stereocenters. The fourth-order valence-electron chi connectivity index (χ4n) is 3.58. The van der Waals surface area contributed by atoms with E-state index in [4.69, 9.17) is 0 Å². The number of carboxylic acids is 1. The molecule has 1 aromatic heterocycles. The third kappa shape index (κ3) is 2.95. The Bertz CT molecular complexity index is 1170. The number of fused-ring (bicyclic) bond motifs is 1. The van der Waals surface area contributed by atoms with Crippen molar-refractivity contribution in [3.63, 3.8) is 0 Å². The van der Waals surface area contributed by atoms with E-state index in [9.17, 15) is 33.0 Å². The molecule has 0 bridgehead atoms. The number of nitrogens with zero attached hydrogens (tertiary/aromatic N) is 1. The summed E-state index contributed by atoms with van der Waals surface area (Å²) in [6, 6.07) is 4.92. The summed E-state index contributed by atoms with van der Waals surface area (Å²) in [7, 11) is 0. The van der Waals surface area contributed by atoms with Crippen LogP contribution in [0.5, 0.6) is 5.75 Å². The summed E-state index contributed by atoms with van der Waals surface area (Å²) < 4.78 is 42.8. The Labute approximate surface area is 164 Å². The Balaban J connectivity index is 2.42. The normalized spacial score (nSPS) is 13.4. The van der Waals surface area contributed by atoms with E-state index in [0.29, 0.717) is 0 Å². The Morgan fingerprint density at radius 1 is 1.10 bits per heavy atom. The molecule has 0 aliphatic carbocycles. The van der Waals surface area contributed by atoms with Gasteiger partial charge in [-0.05, 0) is 50.6 Å². The third-order valence-corrected chi connectivity index (χ3v) is 5.39. The van der Waals surface area contributed by atoms with Crippen LogP contribution in [0.4, 0.5) is 13.2 Å². The highest BCUT2D eigenvalue weighted by Crippen LogP contribution is 2.41. The zero-order valence-corrected chi connectivity index (χ0v) is 15.9. The fourth-order valence-corrected chi connectivity index (χ4v) is 3.58. The van der Waals surface area contributed by atoms with E-state index in [-0.39, 0.29) is 34.1 Å². The molecule has 0 radical (unpaired) electrons. The molecule has 0 saturated heterocycles. The maximum Gasteiger partial charge on any atom is 0.313 e. The van der Waals surface area contributed by atoms with Crippen molar-refractivity contribution in [1.82, 2.24) is 4.57 Å². The summed E-state index contributed by atoms with van der Waals surface area (Å²) in [6.45, 7) is 4.45. The monoisotopic (exact) mass is 405 g/mol. The van der Waals surface area contributed by atoms with Crippen LogP contribution in [0.2, 0.25) is 0 Å². The lowest BCUT2D eigenvalue weighted by Gasteiger charge is -2.24. The topological polar surface area (TPSA) is 79.5 Å². The highest BCUT2D eigenvalue weighted by molar-refractivity contribution is 6.06. The molecule has 5 nitrogen and oxygen atoms in total. The van der Waals surface area contributed by atoms with Crippen LogP contribution in [0.3, 0.4) is 0 Å². The predicted octanol–water partition coefficient (Wildman–Crippen LogP) is 4.51. The van der Waals surface area contributed by atoms with Crippen molar-refractivity contribution in [3.05, 3.63) is 64.6 Å². The average molecular weight is 405 g/mol. The lowest BCUT2D eigenvalue weighted by molar-refractivity contribution is -0.143. The van der Waals surface area contributed by atoms with E-state index in [1.165, 1.54) is 19.9 Å². The van der Waals surface area contributed by atoms with Crippen LogP contribution < -0.4 is 0 Å². The largest absolute Gasteiger partial charge is 0.505 e. The molecule has 29 heavy (non-hydrogen) atoms. The smallest absolute Gasteiger partial charge is 0.313 e. The molecule has 1 heterocycles. The predicted molar refractivity (Wildman–Crippen MR) is 99.7 cm³/mol. The van der Waals surface area contributed by atoms with Gasteiger partial charge in [0.05, 0.1) is 10.9 Å². The first-order chi connectivity index (χ1) is 13.5. The minimum atomic E-state index is -1.56. The van der Waals surface area contributed by atoms with E-state index in [0.717, 1.165) is 28.8 Å². The van der Waals surface area contributed by atoms with Crippen molar-refractivity contribution < 1.29 is 33.0 Å². The summed E-state index contributed by atoms with van der Waals surface area (Å²) in [5, 5.41) is 19.4. The van der Waals surface area contributed by atoms with Gasteiger partial charge in [0.25, 0.3) is 5.91 Å². The number of hydrogen-bond donors (Lipinski definition) is 2. The first-order valence-electron chi connectivity index (χ1n) is 8.80. The molecule has 0 fully saturated rings. The standard InChI is InChI=1S/C21H18F3NO4/c1-4-21(3,20(28)29)17-10(2)25(14-7-8-15(26)18(24)16(14)17)19(27)11-5-6-12(22)13(23)9-11/h5-9,26H,4H2,1-3H3,(H,28,29)/t21-/m1/s1. The van der Waals surface area contributed by atoms with E-state index in [2.05, 4.69) is 0 Å². The highest BCUT2D eigenvalue weighted by atomic mass is 19.2. The van der Waals surface area contributed by atoms with Gasteiger partial charge < -0.3 is 10.2 Å². The van der Waals surface area contributed by atoms with Gasteiger partial charge in [-0.3, -0.25) is 14.2 Å². The lowest BCUT2D eigenvalue weighted by atomic mass is 9.78. The number of rotatable bonds is 4. The van der Waals surface area contributed by atoms with Gasteiger partial charge in [-0.1, -0.05) is 6.92 Å². The van der Waals surface area contributed by atoms with Crippen LogP contribution in [-0.2, 0) is 10.2 Å². The van der Waals surface area contributed by atoms with Crippen molar-refractivity contribution in [1.29, 1.82) is 0 Å². The Morgan fingerprint density at radius 3 is 2.31 bits per heavy atom. The summed E-state index contributed by atoms with van der Waals surface area (Å²) >= 11 is 0. The highest BCUT2D eigenvalue weighted by Gasteiger charge is 2.40. The lowest BCUT2D eigenvalue weighted by Crippen LogP contribution is -2.32. The number of aromatic hydroxyl groups is 1. The van der Waals surface area contributed by atoms with Crippen molar-refractivity contribution in [2.24, 2.45) is 0 Å². The molecule has 2 N–H and O–H groups in total. The molecule has 3 aromatic rings. The first-order valence-corrected chi connectivity index (χ1v) is 8.80. The molecule has 0 saturated carbocycles. The fraction of sp³-hybridized carbons (Fsp3) is 0.238. The molecular formula is C21H18F3NO4. The summed E-state index contributed by atoms with van der Waals surface area (Å²) in [4.78, 5) is 25.1. The van der Waals surface area contributed by atoms with Gasteiger partial charge in [-0.15, -0.1) is 0 Å². The van der Waals surface area contributed by atoms with Crippen LogP contribution in [-0.4, -0.2) is 26.7 Å². The molecule has 0 amide bonds. The SMILES string of the molecule is CC[C@@](C)(C(=O)O)c1c(C)n(C(=O)c2ccc(F)c(F)c2)c2ccc(O)c(F)c12. The van der Waals surface area contributed by atoms with Gasteiger partial charge in [-0.25, -0.2) is 13.2 Å². The van der Waals surface area contributed by atoms with Gasteiger partial charge >= 0.3 is 5.97 Å². The number of aromatic nitrogens is 1. The minimum absolute atomic E-state index is 0.0171. The van der Waals surface area contributed by atoms with Crippen molar-refractivity contribution >= 4 is 22.8 Å². The van der Waals surface area contributed by atoms with Crippen LogP contribution in [0, 0.1) is 24.4 Å². The van der Waals surface area contributed by atoms with Crippen molar-refractivity contribution in [3.8, 4) is 5.75 Å². The number of halogens is 3. The maximum absolute atomic E-state index is 14.9. The average Bonchev–Trinajstić information content (AvgIpc) is 2.98. The van der Waals surface area contributed by atoms with Crippen molar-refractivity contribution in [2.75, 3.05) is 0 Å². The molecule has 2 aromatic carbocycles. The number of aliphatic carboxylic acids is 1. The second-order valence-electron chi connectivity index (χ2n) is 7.01. The maximum atomic E-state index is 14.9. The van der Waals surface area contributed by atoms with Gasteiger partial charge in [0, 0.05) is 22.2 Å². The Kier molecular flexibility index (Phi) is 4.90. The molecule has 3 rings (SSSR count). The summed E-state index contributed by atoms with van der Waals surface area (Å²) in [5.41, 5.74) is -1.57. The Morgan fingerprint density at radius 2 is 1.76 bits per heavy atom. The second-order valence-corrected chi connectivity index (χ2v) is 7.01. The second kappa shape index (κ2) is 6.95. The first kappa shape index (κ1) is 20.4. The van der Waals surface area contributed by atoms with Gasteiger partial charge in [0.1, 0.15) is 0 Å². The minimum Gasteiger partial charge on any atom is -0.505 e. The summed E-state index contributed by atoms with van der Waals surface area (Å²) in [6.07, 6.45) is 0.0801. The Hall–Kier alpha value is -3.29. The quantitative estimate of drug-likeness (QED) is 0.669. The third-order valence-electron chi connectivity index (χ3n) is 5.39. The molecule has 0 aliphatic heterocycles. The molecule has 8 heteroatoms. The van der Waals surface area contributed by atoms with Crippen LogP contribution in [0.1, 0.15) is 41.9 Å². The van der Waals surface area contributed by atoms with Crippen molar-refractivity contribution in [2.45, 2.75) is 32.6 Å². The number of carbonyl (C=O) groups excluding carboxylic acids is 1. The summed E-state index contributed by atoms with van der Waals surface area (Å²) in [5.74, 6) is -6.12. The molecule has 0 aliphatic rings. The van der Waals surface area contributed by atoms with E-state index < -0.39 is 40.5 Å². The zero-order chi connectivity index (χ0) is 21.7. The zero-order valence-electron chi connectivity index (χ0n) is 15.9. The molecule has 1 atom stereocenters. The van der Waals surface area contributed by atoms with Gasteiger partial charge in [0.2, 0.25) is 0 Å².